The molecule has 1 amide bonds. The summed E-state index contributed by atoms with van der Waals surface area (Å²) in [5.74, 6) is 0.550. The Morgan fingerprint density at radius 3 is 2.64 bits per heavy atom. The number of methoxy groups -OCH3 is 3. The minimum atomic E-state index is -0.747. The molecule has 2 aromatic carbocycles. The van der Waals surface area contributed by atoms with Gasteiger partial charge in [-0.2, -0.15) is 5.10 Å². The van der Waals surface area contributed by atoms with Gasteiger partial charge in [-0.15, -0.1) is 11.3 Å². The summed E-state index contributed by atoms with van der Waals surface area (Å²) in [6.45, 7) is 0. The van der Waals surface area contributed by atoms with Crippen LogP contribution in [0.3, 0.4) is 0 Å². The van der Waals surface area contributed by atoms with E-state index in [9.17, 15) is 4.79 Å². The highest BCUT2D eigenvalue weighted by Gasteiger charge is 2.22. The zero-order valence-electron chi connectivity index (χ0n) is 15.6. The molecule has 28 heavy (non-hydrogen) atoms. The molecule has 3 rings (SSSR count). The average molecular weight is 419 g/mol. The van der Waals surface area contributed by atoms with Gasteiger partial charge in [-0.3, -0.25) is 4.79 Å². The molecule has 8 heteroatoms. The molecule has 0 aliphatic heterocycles. The van der Waals surface area contributed by atoms with Crippen molar-refractivity contribution >= 4 is 45.1 Å². The number of amides is 1. The van der Waals surface area contributed by atoms with Crippen molar-refractivity contribution in [2.24, 2.45) is 5.10 Å². The predicted molar refractivity (Wildman–Crippen MR) is 112 cm³/mol. The molecule has 146 valence electrons. The van der Waals surface area contributed by atoms with Crippen molar-refractivity contribution in [2.45, 2.75) is 6.10 Å². The van der Waals surface area contributed by atoms with Crippen LogP contribution in [0, 0.1) is 0 Å². The molecule has 0 fully saturated rings. The second-order valence-corrected chi connectivity index (χ2v) is 7.30. The summed E-state index contributed by atoms with van der Waals surface area (Å²) in [4.78, 5) is 13.3. The van der Waals surface area contributed by atoms with Crippen LogP contribution in [-0.2, 0) is 9.53 Å². The number of halogens is 1. The summed E-state index contributed by atoms with van der Waals surface area (Å²) in [5, 5.41) is 5.46. The molecule has 0 saturated heterocycles. The quantitative estimate of drug-likeness (QED) is 0.455. The van der Waals surface area contributed by atoms with E-state index in [-0.39, 0.29) is 5.91 Å². The number of hydrazone groups is 1. The summed E-state index contributed by atoms with van der Waals surface area (Å²) >= 11 is 7.69. The molecule has 0 spiro atoms. The molecule has 0 aliphatic carbocycles. The van der Waals surface area contributed by atoms with Crippen molar-refractivity contribution in [1.82, 2.24) is 5.43 Å². The van der Waals surface area contributed by atoms with Crippen LogP contribution in [0.2, 0.25) is 5.02 Å². The Hall–Kier alpha value is -2.61. The van der Waals surface area contributed by atoms with Gasteiger partial charge in [-0.25, -0.2) is 5.43 Å². The Morgan fingerprint density at radius 1 is 1.18 bits per heavy atom. The molecule has 0 bridgehead atoms. The maximum atomic E-state index is 12.5. The van der Waals surface area contributed by atoms with E-state index in [4.69, 9.17) is 25.8 Å². The standard InChI is InChI=1S/C20H19ClN2O4S/c1-25-15-9-12(8-14(21)18(15)26-2)11-22-23-20(24)19(27-3)17-10-13-6-4-5-7-16(13)28-17/h4-11,19H,1-3H3,(H,23,24). The molecule has 0 radical (unpaired) electrons. The highest BCUT2D eigenvalue weighted by atomic mass is 35.5. The molecule has 3 aromatic rings. The molecular formula is C20H19ClN2O4S. The zero-order chi connectivity index (χ0) is 20.1. The highest BCUT2D eigenvalue weighted by molar-refractivity contribution is 7.19. The molecule has 1 heterocycles. The Labute approximate surface area is 171 Å². The molecule has 1 aromatic heterocycles. The van der Waals surface area contributed by atoms with Gasteiger partial charge in [-0.05, 0) is 35.2 Å². The first-order valence-corrected chi connectivity index (χ1v) is 9.52. The van der Waals surface area contributed by atoms with Crippen LogP contribution in [0.15, 0.2) is 47.6 Å². The van der Waals surface area contributed by atoms with Crippen LogP contribution in [0.25, 0.3) is 10.1 Å². The van der Waals surface area contributed by atoms with Crippen molar-refractivity contribution in [3.63, 3.8) is 0 Å². The second kappa shape index (κ2) is 9.05. The fraction of sp³-hybridized carbons (Fsp3) is 0.200. The van der Waals surface area contributed by atoms with Crippen molar-refractivity contribution in [3.8, 4) is 11.5 Å². The molecule has 0 saturated carbocycles. The predicted octanol–water partition coefficient (Wildman–Crippen LogP) is 4.41. The van der Waals surface area contributed by atoms with E-state index in [1.807, 2.05) is 30.3 Å². The van der Waals surface area contributed by atoms with Crippen molar-refractivity contribution in [3.05, 3.63) is 57.9 Å². The number of carbonyl (C=O) groups excluding carboxylic acids is 1. The number of nitrogens with one attached hydrogen (secondary N) is 1. The summed E-state index contributed by atoms with van der Waals surface area (Å²) in [6.07, 6.45) is 0.729. The number of hydrogen-bond acceptors (Lipinski definition) is 6. The number of fused-ring (bicyclic) bond motifs is 1. The van der Waals surface area contributed by atoms with Crippen molar-refractivity contribution < 1.29 is 19.0 Å². The minimum Gasteiger partial charge on any atom is -0.493 e. The number of carbonyl (C=O) groups is 1. The van der Waals surface area contributed by atoms with Crippen LogP contribution in [0.1, 0.15) is 16.5 Å². The van der Waals surface area contributed by atoms with E-state index in [1.54, 1.807) is 12.1 Å². The fourth-order valence-corrected chi connectivity index (χ4v) is 4.16. The first-order chi connectivity index (χ1) is 13.6. The second-order valence-electron chi connectivity index (χ2n) is 5.77. The van der Waals surface area contributed by atoms with Gasteiger partial charge < -0.3 is 14.2 Å². The van der Waals surface area contributed by atoms with Gasteiger partial charge in [0, 0.05) is 16.7 Å². The molecule has 1 atom stereocenters. The number of benzene rings is 2. The summed E-state index contributed by atoms with van der Waals surface area (Å²) in [5.41, 5.74) is 3.16. The molecule has 0 aliphatic rings. The van der Waals surface area contributed by atoms with E-state index in [2.05, 4.69) is 10.5 Å². The van der Waals surface area contributed by atoms with E-state index in [0.29, 0.717) is 22.1 Å². The maximum Gasteiger partial charge on any atom is 0.274 e. The Bertz CT molecular complexity index is 986. The van der Waals surface area contributed by atoms with Crippen LogP contribution < -0.4 is 14.9 Å². The molecule has 1 unspecified atom stereocenters. The fourth-order valence-electron chi connectivity index (χ4n) is 2.73. The van der Waals surface area contributed by atoms with Gasteiger partial charge in [-0.1, -0.05) is 29.8 Å². The van der Waals surface area contributed by atoms with Crippen molar-refractivity contribution in [1.29, 1.82) is 0 Å². The summed E-state index contributed by atoms with van der Waals surface area (Å²) in [6, 6.07) is 13.2. The van der Waals surface area contributed by atoms with Gasteiger partial charge >= 0.3 is 0 Å². The number of hydrogen-bond donors (Lipinski definition) is 1. The van der Waals surface area contributed by atoms with Crippen LogP contribution in [0.4, 0.5) is 0 Å². The smallest absolute Gasteiger partial charge is 0.274 e. The lowest BCUT2D eigenvalue weighted by atomic mass is 10.2. The van der Waals surface area contributed by atoms with Crippen LogP contribution >= 0.6 is 22.9 Å². The lowest BCUT2D eigenvalue weighted by Gasteiger charge is -2.11. The zero-order valence-corrected chi connectivity index (χ0v) is 17.1. The van der Waals surface area contributed by atoms with E-state index < -0.39 is 6.10 Å². The van der Waals surface area contributed by atoms with Crippen LogP contribution in [0.5, 0.6) is 11.5 Å². The first kappa shape index (κ1) is 20.1. The Balaban J connectivity index is 1.74. The van der Waals surface area contributed by atoms with Gasteiger partial charge in [0.25, 0.3) is 5.91 Å². The number of thiophene rings is 1. The Kier molecular flexibility index (Phi) is 6.51. The van der Waals surface area contributed by atoms with E-state index >= 15 is 0 Å². The number of rotatable bonds is 7. The van der Waals surface area contributed by atoms with Gasteiger partial charge in [0.15, 0.2) is 17.6 Å². The van der Waals surface area contributed by atoms with Gasteiger partial charge in [0.1, 0.15) is 0 Å². The first-order valence-electron chi connectivity index (χ1n) is 8.33. The summed E-state index contributed by atoms with van der Waals surface area (Å²) in [7, 11) is 4.52. The molecule has 6 nitrogen and oxygen atoms in total. The number of ether oxygens (including phenoxy) is 3. The topological polar surface area (TPSA) is 69.2 Å². The van der Waals surface area contributed by atoms with Crippen LogP contribution in [-0.4, -0.2) is 33.5 Å². The SMILES string of the molecule is COc1cc(C=NNC(=O)C(OC)c2cc3ccccc3s2)cc(Cl)c1OC. The minimum absolute atomic E-state index is 0.364. The third-order valence-corrected chi connectivity index (χ3v) is 5.46. The van der Waals surface area contributed by atoms with Crippen molar-refractivity contribution in [2.75, 3.05) is 21.3 Å². The number of nitrogens with zero attached hydrogens (tertiary/aromatic N) is 1. The molecular weight excluding hydrogens is 400 g/mol. The monoisotopic (exact) mass is 418 g/mol. The lowest BCUT2D eigenvalue weighted by Crippen LogP contribution is -2.26. The lowest BCUT2D eigenvalue weighted by molar-refractivity contribution is -0.131. The average Bonchev–Trinajstić information content (AvgIpc) is 3.11. The normalized spacial score (nSPS) is 12.3. The maximum absolute atomic E-state index is 12.5. The summed E-state index contributed by atoms with van der Waals surface area (Å²) < 4.78 is 16.9. The largest absolute Gasteiger partial charge is 0.493 e. The van der Waals surface area contributed by atoms with E-state index in [0.717, 1.165) is 15.0 Å². The third kappa shape index (κ3) is 4.27. The Morgan fingerprint density at radius 2 is 1.96 bits per heavy atom. The third-order valence-electron chi connectivity index (χ3n) is 4.02. The van der Waals surface area contributed by atoms with Gasteiger partial charge in [0.05, 0.1) is 25.5 Å². The molecule has 1 N–H and O–H groups in total. The van der Waals surface area contributed by atoms with Gasteiger partial charge in [0.2, 0.25) is 0 Å². The highest BCUT2D eigenvalue weighted by Crippen LogP contribution is 2.35. The van der Waals surface area contributed by atoms with E-state index in [1.165, 1.54) is 38.9 Å².